The lowest BCUT2D eigenvalue weighted by molar-refractivity contribution is 0.631. The molecule has 0 fully saturated rings. The minimum absolute atomic E-state index is 0.0194. The molecule has 0 saturated heterocycles. The second-order valence-electron chi connectivity index (χ2n) is 3.26. The zero-order valence-electron chi connectivity index (χ0n) is 8.78. The summed E-state index contributed by atoms with van der Waals surface area (Å²) in [6.45, 7) is 0. The third-order valence-electron chi connectivity index (χ3n) is 2.06. The van der Waals surface area contributed by atoms with Gasteiger partial charge in [0.15, 0.2) is 5.82 Å². The molecule has 1 N–H and O–H groups in total. The van der Waals surface area contributed by atoms with Gasteiger partial charge >= 0.3 is 0 Å². The van der Waals surface area contributed by atoms with E-state index in [0.29, 0.717) is 4.47 Å². The van der Waals surface area contributed by atoms with Gasteiger partial charge in [-0.1, -0.05) is 15.9 Å². The second-order valence-corrected chi connectivity index (χ2v) is 4.52. The van der Waals surface area contributed by atoms with Crippen molar-refractivity contribution in [3.8, 4) is 6.07 Å². The van der Waals surface area contributed by atoms with Crippen molar-refractivity contribution in [3.63, 3.8) is 0 Å². The summed E-state index contributed by atoms with van der Waals surface area (Å²) in [5, 5.41) is 11.6. The Morgan fingerprint density at radius 1 is 1.44 bits per heavy atom. The summed E-state index contributed by atoms with van der Waals surface area (Å²) in [4.78, 5) is 7.52. The van der Waals surface area contributed by atoms with E-state index in [-0.39, 0.29) is 22.4 Å². The molecule has 2 aromatic rings. The van der Waals surface area contributed by atoms with E-state index in [1.54, 1.807) is 6.07 Å². The fourth-order valence-corrected chi connectivity index (χ4v) is 1.72. The van der Waals surface area contributed by atoms with E-state index in [4.69, 9.17) is 16.9 Å². The van der Waals surface area contributed by atoms with Crippen LogP contribution in [0, 0.1) is 17.1 Å². The Bertz CT molecular complexity index is 641. The molecule has 0 unspecified atom stereocenters. The lowest BCUT2D eigenvalue weighted by atomic mass is 10.3. The lowest BCUT2D eigenvalue weighted by Crippen LogP contribution is -2.00. The van der Waals surface area contributed by atoms with Gasteiger partial charge in [0.05, 0.1) is 11.9 Å². The molecule has 0 saturated carbocycles. The highest BCUT2D eigenvalue weighted by molar-refractivity contribution is 9.10. The molecule has 0 bridgehead atoms. The van der Waals surface area contributed by atoms with Crippen LogP contribution >= 0.6 is 27.5 Å². The van der Waals surface area contributed by atoms with Crippen LogP contribution in [0.1, 0.15) is 5.56 Å². The van der Waals surface area contributed by atoms with Gasteiger partial charge in [-0.2, -0.15) is 10.2 Å². The van der Waals surface area contributed by atoms with Crippen molar-refractivity contribution in [1.29, 1.82) is 5.26 Å². The van der Waals surface area contributed by atoms with Crippen molar-refractivity contribution in [1.82, 2.24) is 9.97 Å². The minimum Gasteiger partial charge on any atom is -0.337 e. The van der Waals surface area contributed by atoms with Gasteiger partial charge in [-0.15, -0.1) is 0 Å². The summed E-state index contributed by atoms with van der Waals surface area (Å²) < 4.78 is 14.2. The maximum atomic E-state index is 13.6. The number of benzene rings is 1. The summed E-state index contributed by atoms with van der Waals surface area (Å²) >= 11 is 8.79. The number of hydrogen-bond donors (Lipinski definition) is 1. The van der Waals surface area contributed by atoms with Crippen molar-refractivity contribution in [3.05, 3.63) is 45.5 Å². The number of hydrogen-bond acceptors (Lipinski definition) is 4. The topological polar surface area (TPSA) is 61.6 Å². The van der Waals surface area contributed by atoms with Crippen molar-refractivity contribution >= 4 is 39.0 Å². The monoisotopic (exact) mass is 326 g/mol. The van der Waals surface area contributed by atoms with Crippen molar-refractivity contribution < 1.29 is 4.39 Å². The molecule has 0 radical (unpaired) electrons. The van der Waals surface area contributed by atoms with Gasteiger partial charge in [-0.3, -0.25) is 0 Å². The fraction of sp³-hybridized carbons (Fsp3) is 0. The number of anilines is 2. The van der Waals surface area contributed by atoms with Crippen molar-refractivity contribution in [2.24, 2.45) is 0 Å². The quantitative estimate of drug-likeness (QED) is 0.855. The van der Waals surface area contributed by atoms with Gasteiger partial charge in [0, 0.05) is 4.47 Å². The molecule has 0 aliphatic rings. The van der Waals surface area contributed by atoms with Crippen molar-refractivity contribution in [2.75, 3.05) is 5.32 Å². The third kappa shape index (κ3) is 2.75. The summed E-state index contributed by atoms with van der Waals surface area (Å²) in [5.74, 6) is -0.304. The van der Waals surface area contributed by atoms with Crippen LogP contribution < -0.4 is 5.32 Å². The molecule has 0 atom stereocenters. The maximum absolute atomic E-state index is 13.6. The molecule has 2 rings (SSSR count). The van der Waals surface area contributed by atoms with Crippen LogP contribution in [0.5, 0.6) is 0 Å². The molecule has 7 heteroatoms. The molecule has 90 valence electrons. The third-order valence-corrected chi connectivity index (χ3v) is 2.74. The Balaban J connectivity index is 2.40. The van der Waals surface area contributed by atoms with Gasteiger partial charge in [-0.05, 0) is 29.8 Å². The number of rotatable bonds is 2. The molecule has 0 spiro atoms. The Morgan fingerprint density at radius 3 is 2.89 bits per heavy atom. The average molecular weight is 328 g/mol. The molecule has 0 amide bonds. The zero-order valence-corrected chi connectivity index (χ0v) is 11.1. The Morgan fingerprint density at radius 2 is 2.22 bits per heavy atom. The molecule has 4 nitrogen and oxygen atoms in total. The highest BCUT2D eigenvalue weighted by Crippen LogP contribution is 2.24. The zero-order chi connectivity index (χ0) is 13.1. The smallest absolute Gasteiger partial charge is 0.224 e. The van der Waals surface area contributed by atoms with Crippen LogP contribution in [0.3, 0.4) is 0 Å². The first-order valence-electron chi connectivity index (χ1n) is 4.75. The predicted molar refractivity (Wildman–Crippen MR) is 69.1 cm³/mol. The molecule has 1 aromatic carbocycles. The van der Waals surface area contributed by atoms with Gasteiger partial charge in [-0.25, -0.2) is 9.37 Å². The van der Waals surface area contributed by atoms with E-state index in [1.165, 1.54) is 18.3 Å². The number of aromatic nitrogens is 2. The first-order chi connectivity index (χ1) is 8.60. The van der Waals surface area contributed by atoms with Gasteiger partial charge in [0.2, 0.25) is 5.28 Å². The summed E-state index contributed by atoms with van der Waals surface area (Å²) in [7, 11) is 0. The molecular weight excluding hydrogens is 323 g/mol. The van der Waals surface area contributed by atoms with Crippen LogP contribution in [-0.2, 0) is 0 Å². The molecule has 1 heterocycles. The maximum Gasteiger partial charge on any atom is 0.224 e. The molecule has 18 heavy (non-hydrogen) atoms. The van der Waals surface area contributed by atoms with E-state index in [9.17, 15) is 4.39 Å². The van der Waals surface area contributed by atoms with Gasteiger partial charge in [0.1, 0.15) is 17.4 Å². The SMILES string of the molecule is N#Cc1cnc(Cl)nc1Nc1ccc(Br)cc1F. The van der Waals surface area contributed by atoms with Gasteiger partial charge < -0.3 is 5.32 Å². The Labute approximate surface area is 116 Å². The molecule has 0 aliphatic heterocycles. The summed E-state index contributed by atoms with van der Waals surface area (Å²) in [5.41, 5.74) is 0.381. The van der Waals surface area contributed by atoms with Crippen LogP contribution in [0.2, 0.25) is 5.28 Å². The van der Waals surface area contributed by atoms with E-state index in [1.807, 2.05) is 6.07 Å². The number of nitrogens with zero attached hydrogens (tertiary/aromatic N) is 3. The van der Waals surface area contributed by atoms with E-state index >= 15 is 0 Å². The van der Waals surface area contributed by atoms with Crippen molar-refractivity contribution in [2.45, 2.75) is 0 Å². The first-order valence-corrected chi connectivity index (χ1v) is 5.92. The highest BCUT2D eigenvalue weighted by Gasteiger charge is 2.09. The van der Waals surface area contributed by atoms with E-state index in [2.05, 4.69) is 31.2 Å². The largest absolute Gasteiger partial charge is 0.337 e. The number of nitriles is 1. The van der Waals surface area contributed by atoms with Crippen LogP contribution in [0.4, 0.5) is 15.9 Å². The molecule has 0 aliphatic carbocycles. The lowest BCUT2D eigenvalue weighted by Gasteiger charge is -2.08. The Hall–Kier alpha value is -1.71. The fourth-order valence-electron chi connectivity index (χ4n) is 1.26. The molecular formula is C11H5BrClFN4. The minimum atomic E-state index is -0.469. The van der Waals surface area contributed by atoms with E-state index < -0.39 is 5.82 Å². The normalized spacial score (nSPS) is 9.89. The summed E-state index contributed by atoms with van der Waals surface area (Å²) in [6.07, 6.45) is 1.27. The second kappa shape index (κ2) is 5.29. The molecule has 1 aromatic heterocycles. The predicted octanol–water partition coefficient (Wildman–Crippen LogP) is 3.65. The Kier molecular flexibility index (Phi) is 3.75. The van der Waals surface area contributed by atoms with Crippen LogP contribution in [0.25, 0.3) is 0 Å². The first kappa shape index (κ1) is 12.7. The number of halogens is 3. The van der Waals surface area contributed by atoms with Gasteiger partial charge in [0.25, 0.3) is 0 Å². The average Bonchev–Trinajstić information content (AvgIpc) is 2.33. The highest BCUT2D eigenvalue weighted by atomic mass is 79.9. The van der Waals surface area contributed by atoms with Crippen LogP contribution in [0.15, 0.2) is 28.9 Å². The standard InChI is InChI=1S/C11H5BrClFN4/c12-7-1-2-9(8(14)3-7)17-10-6(4-15)5-16-11(13)18-10/h1-3,5H,(H,16,17,18). The van der Waals surface area contributed by atoms with E-state index in [0.717, 1.165) is 0 Å². The number of nitrogens with one attached hydrogen (secondary N) is 1. The van der Waals surface area contributed by atoms with Crippen LogP contribution in [-0.4, -0.2) is 9.97 Å². The summed E-state index contributed by atoms with van der Waals surface area (Å²) in [6, 6.07) is 6.39.